The number of halogens is 2. The highest BCUT2D eigenvalue weighted by molar-refractivity contribution is 9.10. The molecule has 1 nitrogen and oxygen atoms in total. The molecule has 1 rings (SSSR count). The number of thioether (sulfide) groups is 1. The van der Waals surface area contributed by atoms with Crippen molar-refractivity contribution < 1.29 is 0 Å². The van der Waals surface area contributed by atoms with Crippen molar-refractivity contribution >= 4 is 45.0 Å². The zero-order valence-electron chi connectivity index (χ0n) is 8.72. The van der Waals surface area contributed by atoms with E-state index < -0.39 is 0 Å². The van der Waals surface area contributed by atoms with E-state index in [0.29, 0.717) is 0 Å². The van der Waals surface area contributed by atoms with E-state index in [0.717, 1.165) is 21.7 Å². The van der Waals surface area contributed by atoms with Gasteiger partial charge in [0.05, 0.1) is 10.7 Å². The standard InChI is InChI=1S/C11H15BrClNS/c1-2-15-7-3-6-14-11-5-4-9(12)8-10(11)13/h4-5,8,14H,2-3,6-7H2,1H3. The molecule has 15 heavy (non-hydrogen) atoms. The Morgan fingerprint density at radius 2 is 2.27 bits per heavy atom. The first kappa shape index (κ1) is 13.2. The van der Waals surface area contributed by atoms with Gasteiger partial charge in [0.25, 0.3) is 0 Å². The third kappa shape index (κ3) is 5.14. The molecule has 1 N–H and O–H groups in total. The van der Waals surface area contributed by atoms with Gasteiger partial charge >= 0.3 is 0 Å². The number of hydrogen-bond acceptors (Lipinski definition) is 2. The molecule has 0 aliphatic heterocycles. The van der Waals surface area contributed by atoms with Crippen LogP contribution in [0.25, 0.3) is 0 Å². The second-order valence-electron chi connectivity index (χ2n) is 3.10. The molecule has 0 heterocycles. The van der Waals surface area contributed by atoms with Crippen molar-refractivity contribution in [3.63, 3.8) is 0 Å². The fraction of sp³-hybridized carbons (Fsp3) is 0.455. The fourth-order valence-electron chi connectivity index (χ4n) is 1.17. The van der Waals surface area contributed by atoms with E-state index in [-0.39, 0.29) is 0 Å². The minimum Gasteiger partial charge on any atom is -0.384 e. The SMILES string of the molecule is CCSCCCNc1ccc(Br)cc1Cl. The second kappa shape index (κ2) is 7.42. The number of anilines is 1. The summed E-state index contributed by atoms with van der Waals surface area (Å²) in [7, 11) is 0. The highest BCUT2D eigenvalue weighted by atomic mass is 79.9. The Labute approximate surface area is 109 Å². The predicted molar refractivity (Wildman–Crippen MR) is 75.3 cm³/mol. The molecule has 0 spiro atoms. The lowest BCUT2D eigenvalue weighted by atomic mass is 10.3. The third-order valence-electron chi connectivity index (χ3n) is 1.92. The lowest BCUT2D eigenvalue weighted by Crippen LogP contribution is -2.03. The van der Waals surface area contributed by atoms with E-state index >= 15 is 0 Å². The molecule has 0 atom stereocenters. The second-order valence-corrected chi connectivity index (χ2v) is 5.82. The molecule has 4 heteroatoms. The third-order valence-corrected chi connectivity index (χ3v) is 3.71. The Kier molecular flexibility index (Phi) is 6.53. The molecular weight excluding hydrogens is 294 g/mol. The average Bonchev–Trinajstić information content (AvgIpc) is 2.20. The first-order valence-electron chi connectivity index (χ1n) is 5.00. The number of hydrogen-bond donors (Lipinski definition) is 1. The Morgan fingerprint density at radius 3 is 2.93 bits per heavy atom. The molecule has 0 aliphatic rings. The fourth-order valence-corrected chi connectivity index (χ4v) is 2.55. The van der Waals surface area contributed by atoms with Crippen LogP contribution in [0.1, 0.15) is 13.3 Å². The van der Waals surface area contributed by atoms with Crippen LogP contribution in [0, 0.1) is 0 Å². The van der Waals surface area contributed by atoms with Crippen LogP contribution in [0.4, 0.5) is 5.69 Å². The van der Waals surface area contributed by atoms with Crippen LogP contribution in [-0.4, -0.2) is 18.1 Å². The minimum absolute atomic E-state index is 0.771. The summed E-state index contributed by atoms with van der Waals surface area (Å²) >= 11 is 11.4. The molecule has 84 valence electrons. The number of nitrogens with one attached hydrogen (secondary N) is 1. The van der Waals surface area contributed by atoms with Gasteiger partial charge < -0.3 is 5.32 Å². The lowest BCUT2D eigenvalue weighted by molar-refractivity contribution is 0.992. The molecule has 0 aromatic heterocycles. The van der Waals surface area contributed by atoms with E-state index in [9.17, 15) is 0 Å². The van der Waals surface area contributed by atoms with Gasteiger partial charge in [-0.05, 0) is 36.1 Å². The first-order valence-corrected chi connectivity index (χ1v) is 7.33. The lowest BCUT2D eigenvalue weighted by Gasteiger charge is -2.08. The molecule has 1 aromatic rings. The van der Waals surface area contributed by atoms with E-state index in [1.807, 2.05) is 30.0 Å². The van der Waals surface area contributed by atoms with Crippen LogP contribution in [-0.2, 0) is 0 Å². The van der Waals surface area contributed by atoms with Gasteiger partial charge in [0, 0.05) is 11.0 Å². The van der Waals surface area contributed by atoms with Gasteiger partial charge in [-0.1, -0.05) is 34.5 Å². The molecule has 1 aromatic carbocycles. The van der Waals surface area contributed by atoms with E-state index in [2.05, 4.69) is 28.2 Å². The summed E-state index contributed by atoms with van der Waals surface area (Å²) in [6.07, 6.45) is 1.17. The molecule has 0 amide bonds. The number of benzene rings is 1. The van der Waals surface area contributed by atoms with Crippen molar-refractivity contribution in [3.8, 4) is 0 Å². The molecule has 0 radical (unpaired) electrons. The Hall–Kier alpha value is 0.140. The molecule has 0 saturated carbocycles. The van der Waals surface area contributed by atoms with Crippen molar-refractivity contribution in [3.05, 3.63) is 27.7 Å². The summed E-state index contributed by atoms with van der Waals surface area (Å²) in [5.41, 5.74) is 1.02. The Balaban J connectivity index is 2.31. The van der Waals surface area contributed by atoms with Crippen molar-refractivity contribution in [1.29, 1.82) is 0 Å². The van der Waals surface area contributed by atoms with Crippen LogP contribution < -0.4 is 5.32 Å². The van der Waals surface area contributed by atoms with E-state index in [1.165, 1.54) is 17.9 Å². The topological polar surface area (TPSA) is 12.0 Å². The maximum Gasteiger partial charge on any atom is 0.0648 e. The smallest absolute Gasteiger partial charge is 0.0648 e. The zero-order valence-corrected chi connectivity index (χ0v) is 11.9. The van der Waals surface area contributed by atoms with Crippen molar-refractivity contribution in [2.75, 3.05) is 23.4 Å². The summed E-state index contributed by atoms with van der Waals surface area (Å²) < 4.78 is 1.01. The Bertz CT molecular complexity index is 307. The monoisotopic (exact) mass is 307 g/mol. The molecule has 0 unspecified atom stereocenters. The predicted octanol–water partition coefficient (Wildman–Crippen LogP) is 4.66. The van der Waals surface area contributed by atoms with Gasteiger partial charge in [0.15, 0.2) is 0 Å². The van der Waals surface area contributed by atoms with Crippen LogP contribution in [0.15, 0.2) is 22.7 Å². The zero-order chi connectivity index (χ0) is 11.1. The normalized spacial score (nSPS) is 10.3. The van der Waals surface area contributed by atoms with Gasteiger partial charge in [0.1, 0.15) is 0 Å². The largest absolute Gasteiger partial charge is 0.384 e. The molecule has 0 aliphatic carbocycles. The molecular formula is C11H15BrClNS. The van der Waals surface area contributed by atoms with Crippen molar-refractivity contribution in [2.24, 2.45) is 0 Å². The van der Waals surface area contributed by atoms with Crippen molar-refractivity contribution in [2.45, 2.75) is 13.3 Å². The maximum atomic E-state index is 6.07. The van der Waals surface area contributed by atoms with Crippen LogP contribution >= 0.6 is 39.3 Å². The van der Waals surface area contributed by atoms with Crippen LogP contribution in [0.3, 0.4) is 0 Å². The van der Waals surface area contributed by atoms with Crippen molar-refractivity contribution in [1.82, 2.24) is 0 Å². The summed E-state index contributed by atoms with van der Waals surface area (Å²) in [6.45, 7) is 3.16. The van der Waals surface area contributed by atoms with E-state index in [4.69, 9.17) is 11.6 Å². The number of rotatable bonds is 6. The average molecular weight is 309 g/mol. The van der Waals surface area contributed by atoms with Gasteiger partial charge in [-0.2, -0.15) is 11.8 Å². The molecule has 0 fully saturated rings. The van der Waals surface area contributed by atoms with Crippen LogP contribution in [0.5, 0.6) is 0 Å². The highest BCUT2D eigenvalue weighted by Crippen LogP contribution is 2.25. The van der Waals surface area contributed by atoms with Gasteiger partial charge in [-0.25, -0.2) is 0 Å². The van der Waals surface area contributed by atoms with Gasteiger partial charge in [-0.15, -0.1) is 0 Å². The molecule has 0 saturated heterocycles. The summed E-state index contributed by atoms with van der Waals surface area (Å²) in [6, 6.07) is 5.90. The van der Waals surface area contributed by atoms with Crippen LogP contribution in [0.2, 0.25) is 5.02 Å². The first-order chi connectivity index (χ1) is 7.24. The van der Waals surface area contributed by atoms with E-state index in [1.54, 1.807) is 0 Å². The minimum atomic E-state index is 0.771. The highest BCUT2D eigenvalue weighted by Gasteiger charge is 1.99. The molecule has 0 bridgehead atoms. The summed E-state index contributed by atoms with van der Waals surface area (Å²) in [4.78, 5) is 0. The maximum absolute atomic E-state index is 6.07. The summed E-state index contributed by atoms with van der Waals surface area (Å²) in [5, 5.41) is 4.10. The quantitative estimate of drug-likeness (QED) is 0.767. The summed E-state index contributed by atoms with van der Waals surface area (Å²) in [5.74, 6) is 2.40. The van der Waals surface area contributed by atoms with Gasteiger partial charge in [0.2, 0.25) is 0 Å². The Morgan fingerprint density at radius 1 is 1.47 bits per heavy atom. The van der Waals surface area contributed by atoms with Gasteiger partial charge in [-0.3, -0.25) is 0 Å².